The van der Waals surface area contributed by atoms with Crippen LogP contribution < -0.4 is 5.73 Å². The fraction of sp³-hybridized carbons (Fsp3) is 0.333. The number of hydrogen-bond donors (Lipinski definition) is 1. The Morgan fingerprint density at radius 3 is 2.82 bits per heavy atom. The zero-order valence-electron chi connectivity index (χ0n) is 6.92. The molecule has 0 saturated heterocycles. The van der Waals surface area contributed by atoms with Gasteiger partial charge in [0.05, 0.1) is 0 Å². The zero-order valence-corrected chi connectivity index (χ0v) is 7.74. The molecule has 0 aliphatic carbocycles. The third kappa shape index (κ3) is 1.90. The predicted molar refractivity (Wildman–Crippen MR) is 52.8 cm³/mol. The van der Waals surface area contributed by atoms with Crippen LogP contribution in [0.1, 0.15) is 11.1 Å². The Hall–Kier alpha value is -0.630. The smallest absolute Gasteiger partial charge is 0.0346 e. The molecule has 0 aliphatic heterocycles. The van der Waals surface area contributed by atoms with Crippen molar-refractivity contribution in [3.8, 4) is 0 Å². The van der Waals surface area contributed by atoms with Gasteiger partial charge in [0.25, 0.3) is 0 Å². The van der Waals surface area contributed by atoms with Crippen molar-refractivity contribution in [1.29, 1.82) is 0 Å². The Morgan fingerprint density at radius 1 is 1.45 bits per heavy atom. The van der Waals surface area contributed by atoms with Gasteiger partial charge in [-0.25, -0.2) is 0 Å². The van der Waals surface area contributed by atoms with Crippen molar-refractivity contribution in [2.45, 2.75) is 12.7 Å². The van der Waals surface area contributed by atoms with E-state index >= 15 is 0 Å². The van der Waals surface area contributed by atoms with Gasteiger partial charge >= 0.3 is 0 Å². The number of rotatable bonds is 2. The molecule has 0 fully saturated rings. The Balaban J connectivity index is 2.96. The lowest BCUT2D eigenvalue weighted by molar-refractivity contribution is 1.31. The van der Waals surface area contributed by atoms with Gasteiger partial charge in [-0.15, -0.1) is 0 Å². The molecule has 0 saturated carbocycles. The number of nitrogens with two attached hydrogens (primary N) is 1. The largest absolute Gasteiger partial charge is 0.399 e. The van der Waals surface area contributed by atoms with E-state index in [9.17, 15) is 0 Å². The van der Waals surface area contributed by atoms with Crippen molar-refractivity contribution in [3.63, 3.8) is 0 Å². The van der Waals surface area contributed by atoms with E-state index in [4.69, 9.17) is 5.73 Å². The standard InChI is InChI=1S/C9H13NS/c1-7-8(6-11-2)4-3-5-9(7)10/h3-5H,6,10H2,1-2H3. The average Bonchev–Trinajstić information content (AvgIpc) is 1.99. The van der Waals surface area contributed by atoms with Crippen LogP contribution in [-0.4, -0.2) is 6.26 Å². The van der Waals surface area contributed by atoms with Crippen LogP contribution in [0.5, 0.6) is 0 Å². The number of thioether (sulfide) groups is 1. The summed E-state index contributed by atoms with van der Waals surface area (Å²) in [5.41, 5.74) is 9.21. The van der Waals surface area contributed by atoms with E-state index in [0.29, 0.717) is 0 Å². The molecule has 1 rings (SSSR count). The van der Waals surface area contributed by atoms with Crippen LogP contribution >= 0.6 is 11.8 Å². The van der Waals surface area contributed by atoms with Crippen LogP contribution in [0.2, 0.25) is 0 Å². The summed E-state index contributed by atoms with van der Waals surface area (Å²) in [6, 6.07) is 6.08. The Morgan fingerprint density at radius 2 is 2.18 bits per heavy atom. The van der Waals surface area contributed by atoms with E-state index in [-0.39, 0.29) is 0 Å². The van der Waals surface area contributed by atoms with E-state index in [0.717, 1.165) is 11.4 Å². The number of hydrogen-bond acceptors (Lipinski definition) is 2. The highest BCUT2D eigenvalue weighted by Crippen LogP contribution is 2.18. The third-order valence-electron chi connectivity index (χ3n) is 1.79. The van der Waals surface area contributed by atoms with Crippen LogP contribution in [0.3, 0.4) is 0 Å². The van der Waals surface area contributed by atoms with Crippen LogP contribution in [0.25, 0.3) is 0 Å². The molecule has 1 nitrogen and oxygen atoms in total. The topological polar surface area (TPSA) is 26.0 Å². The highest BCUT2D eigenvalue weighted by molar-refractivity contribution is 7.97. The fourth-order valence-corrected chi connectivity index (χ4v) is 1.64. The molecule has 0 atom stereocenters. The minimum atomic E-state index is 0.900. The second-order valence-electron chi connectivity index (χ2n) is 2.56. The fourth-order valence-electron chi connectivity index (χ4n) is 1.02. The van der Waals surface area contributed by atoms with Gasteiger partial charge in [-0.2, -0.15) is 11.8 Å². The van der Waals surface area contributed by atoms with Crippen molar-refractivity contribution in [2.24, 2.45) is 0 Å². The molecule has 0 amide bonds. The van der Waals surface area contributed by atoms with Gasteiger partial charge in [0.2, 0.25) is 0 Å². The van der Waals surface area contributed by atoms with Crippen molar-refractivity contribution in [1.82, 2.24) is 0 Å². The molecule has 11 heavy (non-hydrogen) atoms. The molecular formula is C9H13NS. The highest BCUT2D eigenvalue weighted by atomic mass is 32.2. The van der Waals surface area contributed by atoms with Gasteiger partial charge in [-0.05, 0) is 30.4 Å². The van der Waals surface area contributed by atoms with Crippen LogP contribution in [0, 0.1) is 6.92 Å². The van der Waals surface area contributed by atoms with Crippen LogP contribution in [-0.2, 0) is 5.75 Å². The minimum Gasteiger partial charge on any atom is -0.399 e. The van der Waals surface area contributed by atoms with E-state index in [2.05, 4.69) is 19.2 Å². The van der Waals surface area contributed by atoms with Crippen molar-refractivity contribution >= 4 is 17.4 Å². The molecule has 1 aromatic carbocycles. The predicted octanol–water partition coefficient (Wildman–Crippen LogP) is 2.44. The summed E-state index contributed by atoms with van der Waals surface area (Å²) < 4.78 is 0. The van der Waals surface area contributed by atoms with Crippen molar-refractivity contribution in [2.75, 3.05) is 12.0 Å². The molecule has 0 heterocycles. The number of anilines is 1. The molecule has 0 bridgehead atoms. The molecule has 0 spiro atoms. The quantitative estimate of drug-likeness (QED) is 0.685. The Kier molecular flexibility index (Phi) is 2.83. The normalized spacial score (nSPS) is 10.0. The molecule has 0 unspecified atom stereocenters. The lowest BCUT2D eigenvalue weighted by Gasteiger charge is -2.05. The van der Waals surface area contributed by atoms with Crippen LogP contribution in [0.4, 0.5) is 5.69 Å². The summed E-state index contributed by atoms with van der Waals surface area (Å²) in [5, 5.41) is 0. The van der Waals surface area contributed by atoms with Gasteiger partial charge in [-0.1, -0.05) is 12.1 Å². The van der Waals surface area contributed by atoms with E-state index in [1.807, 2.05) is 23.9 Å². The maximum Gasteiger partial charge on any atom is 0.0346 e. The summed E-state index contributed by atoms with van der Waals surface area (Å²) >= 11 is 1.82. The number of benzene rings is 1. The van der Waals surface area contributed by atoms with E-state index < -0.39 is 0 Å². The highest BCUT2D eigenvalue weighted by Gasteiger charge is 1.98. The summed E-state index contributed by atoms with van der Waals surface area (Å²) in [5.74, 6) is 1.05. The first kappa shape index (κ1) is 8.47. The molecule has 60 valence electrons. The van der Waals surface area contributed by atoms with Crippen LogP contribution in [0.15, 0.2) is 18.2 Å². The van der Waals surface area contributed by atoms with Gasteiger partial charge in [0, 0.05) is 11.4 Å². The SMILES string of the molecule is CSCc1cccc(N)c1C. The van der Waals surface area contributed by atoms with Gasteiger partial charge in [0.1, 0.15) is 0 Å². The first-order valence-electron chi connectivity index (χ1n) is 3.58. The van der Waals surface area contributed by atoms with Gasteiger partial charge in [0.15, 0.2) is 0 Å². The van der Waals surface area contributed by atoms with E-state index in [1.165, 1.54) is 11.1 Å². The summed E-state index contributed by atoms with van der Waals surface area (Å²) in [4.78, 5) is 0. The second-order valence-corrected chi connectivity index (χ2v) is 3.43. The Bertz CT molecular complexity index is 245. The summed E-state index contributed by atoms with van der Waals surface area (Å²) in [7, 11) is 0. The number of nitrogen functional groups attached to an aromatic ring is 1. The summed E-state index contributed by atoms with van der Waals surface area (Å²) in [6.45, 7) is 2.07. The maximum absolute atomic E-state index is 5.74. The molecular weight excluding hydrogens is 154 g/mol. The van der Waals surface area contributed by atoms with Crippen molar-refractivity contribution < 1.29 is 0 Å². The first-order chi connectivity index (χ1) is 5.25. The van der Waals surface area contributed by atoms with Crippen molar-refractivity contribution in [3.05, 3.63) is 29.3 Å². The van der Waals surface area contributed by atoms with E-state index in [1.54, 1.807) is 0 Å². The molecule has 2 N–H and O–H groups in total. The molecule has 0 aliphatic rings. The molecule has 1 aromatic rings. The Labute approximate surface area is 72.0 Å². The minimum absolute atomic E-state index is 0.900. The van der Waals surface area contributed by atoms with Gasteiger partial charge in [-0.3, -0.25) is 0 Å². The molecule has 0 aromatic heterocycles. The lowest BCUT2D eigenvalue weighted by atomic mass is 10.1. The second kappa shape index (κ2) is 3.67. The zero-order chi connectivity index (χ0) is 8.27. The third-order valence-corrected chi connectivity index (χ3v) is 2.39. The summed E-state index contributed by atoms with van der Waals surface area (Å²) in [6.07, 6.45) is 2.10. The molecule has 0 radical (unpaired) electrons. The first-order valence-corrected chi connectivity index (χ1v) is 4.98. The maximum atomic E-state index is 5.74. The van der Waals surface area contributed by atoms with Gasteiger partial charge < -0.3 is 5.73 Å². The lowest BCUT2D eigenvalue weighted by Crippen LogP contribution is -1.93. The average molecular weight is 167 g/mol. The molecule has 2 heteroatoms. The monoisotopic (exact) mass is 167 g/mol.